The quantitative estimate of drug-likeness (QED) is 0.407. The average molecular weight is 349 g/mol. The molecule has 0 heteroatoms. The van der Waals surface area contributed by atoms with Gasteiger partial charge in [0, 0.05) is 0 Å². The van der Waals surface area contributed by atoms with Crippen LogP contribution in [0.4, 0.5) is 0 Å². The molecule has 0 aromatic rings. The largest absolute Gasteiger partial charge is 0.0988 e. The summed E-state index contributed by atoms with van der Waals surface area (Å²) < 4.78 is 0. The van der Waals surface area contributed by atoms with Gasteiger partial charge < -0.3 is 0 Å². The molecule has 0 bridgehead atoms. The van der Waals surface area contributed by atoms with Crippen molar-refractivity contribution in [1.29, 1.82) is 0 Å². The molecule has 0 N–H and O–H groups in total. The number of rotatable bonds is 7. The highest BCUT2D eigenvalue weighted by molar-refractivity contribution is 5.37. The molecule has 0 heterocycles. The fourth-order valence-corrected chi connectivity index (χ4v) is 3.17. The van der Waals surface area contributed by atoms with E-state index in [2.05, 4.69) is 89.8 Å². The van der Waals surface area contributed by atoms with E-state index in [4.69, 9.17) is 0 Å². The Morgan fingerprint density at radius 1 is 0.885 bits per heavy atom. The third-order valence-electron chi connectivity index (χ3n) is 4.92. The second kappa shape index (κ2) is 10.8. The Labute approximate surface area is 161 Å². The van der Waals surface area contributed by atoms with E-state index in [1.54, 1.807) is 5.57 Å². The minimum Gasteiger partial charge on any atom is -0.0988 e. The average Bonchev–Trinajstić information content (AvgIpc) is 2.57. The van der Waals surface area contributed by atoms with Crippen LogP contribution in [0.3, 0.4) is 0 Å². The summed E-state index contributed by atoms with van der Waals surface area (Å²) in [4.78, 5) is 0. The van der Waals surface area contributed by atoms with Crippen LogP contribution in [0.25, 0.3) is 0 Å². The molecule has 140 valence electrons. The molecule has 0 unspecified atom stereocenters. The minimum absolute atomic E-state index is 0.305. The van der Waals surface area contributed by atoms with Crippen LogP contribution in [-0.2, 0) is 0 Å². The smallest absolute Gasteiger partial charge is 0.0104 e. The fourth-order valence-electron chi connectivity index (χ4n) is 3.17. The Hall–Kier alpha value is -2.08. The first-order chi connectivity index (χ1) is 12.3. The predicted molar refractivity (Wildman–Crippen MR) is 119 cm³/mol. The van der Waals surface area contributed by atoms with Crippen LogP contribution in [0.1, 0.15) is 60.8 Å². The van der Waals surface area contributed by atoms with Gasteiger partial charge in [-0.1, -0.05) is 103 Å². The van der Waals surface area contributed by atoms with Crippen molar-refractivity contribution in [3.63, 3.8) is 0 Å². The van der Waals surface area contributed by atoms with Gasteiger partial charge >= 0.3 is 0 Å². The molecule has 1 aliphatic carbocycles. The SMILES string of the molecule is C=C\C(C)=C/C=C/C=C(C)\C=C\C=C(C)/C=C/C1=C(C)CCCC1(C)C. The first-order valence-corrected chi connectivity index (χ1v) is 9.64. The number of hydrogen-bond donors (Lipinski definition) is 0. The van der Waals surface area contributed by atoms with Gasteiger partial charge in [0.1, 0.15) is 0 Å². The monoisotopic (exact) mass is 348 g/mol. The van der Waals surface area contributed by atoms with Gasteiger partial charge in [0.25, 0.3) is 0 Å². The van der Waals surface area contributed by atoms with E-state index in [0.717, 1.165) is 0 Å². The molecule has 0 nitrogen and oxygen atoms in total. The van der Waals surface area contributed by atoms with Crippen LogP contribution in [0.5, 0.6) is 0 Å². The van der Waals surface area contributed by atoms with E-state index in [1.165, 1.54) is 41.6 Å². The van der Waals surface area contributed by atoms with Crippen molar-refractivity contribution >= 4 is 0 Å². The zero-order valence-corrected chi connectivity index (χ0v) is 17.6. The standard InChI is InChI=1S/C26H36/c1-8-21(2)13-9-10-14-22(3)15-11-16-23(4)18-19-25-24(5)17-12-20-26(25,6)7/h8-11,13-16,18-19H,1,12,17,20H2,2-7H3/b10-9+,15-11+,19-18+,21-13-,22-14-,23-16-. The molecule has 0 radical (unpaired) electrons. The van der Waals surface area contributed by atoms with Crippen molar-refractivity contribution in [2.45, 2.75) is 60.8 Å². The van der Waals surface area contributed by atoms with Gasteiger partial charge in [0.05, 0.1) is 0 Å². The summed E-state index contributed by atoms with van der Waals surface area (Å²) >= 11 is 0. The lowest BCUT2D eigenvalue weighted by Gasteiger charge is -2.32. The summed E-state index contributed by atoms with van der Waals surface area (Å²) in [7, 11) is 0. The molecule has 26 heavy (non-hydrogen) atoms. The molecule has 0 aromatic heterocycles. The lowest BCUT2D eigenvalue weighted by molar-refractivity contribution is 0.377. The maximum Gasteiger partial charge on any atom is -0.0104 e. The molecule has 0 fully saturated rings. The van der Waals surface area contributed by atoms with Crippen LogP contribution in [0.2, 0.25) is 0 Å². The van der Waals surface area contributed by atoms with Gasteiger partial charge in [0.15, 0.2) is 0 Å². The zero-order chi connectivity index (χ0) is 19.6. The van der Waals surface area contributed by atoms with E-state index in [-0.39, 0.29) is 0 Å². The first kappa shape index (κ1) is 22.0. The van der Waals surface area contributed by atoms with Gasteiger partial charge in [0.2, 0.25) is 0 Å². The Balaban J connectivity index is 2.70. The van der Waals surface area contributed by atoms with Crippen molar-refractivity contribution in [2.24, 2.45) is 5.41 Å². The summed E-state index contributed by atoms with van der Waals surface area (Å²) in [6.45, 7) is 17.1. The lowest BCUT2D eigenvalue weighted by atomic mass is 9.72. The van der Waals surface area contributed by atoms with E-state index < -0.39 is 0 Å². The third-order valence-corrected chi connectivity index (χ3v) is 4.92. The predicted octanol–water partition coefficient (Wildman–Crippen LogP) is 8.21. The summed E-state index contributed by atoms with van der Waals surface area (Å²) in [5.41, 5.74) is 7.04. The number of allylic oxidation sites excluding steroid dienone is 15. The highest BCUT2D eigenvalue weighted by atomic mass is 14.3. The zero-order valence-electron chi connectivity index (χ0n) is 17.6. The highest BCUT2D eigenvalue weighted by Crippen LogP contribution is 2.40. The summed E-state index contributed by atoms with van der Waals surface area (Å²) in [5, 5.41) is 0. The summed E-state index contributed by atoms with van der Waals surface area (Å²) in [6.07, 6.45) is 25.0. The van der Waals surface area contributed by atoms with Crippen molar-refractivity contribution in [3.05, 3.63) is 95.2 Å². The van der Waals surface area contributed by atoms with E-state index in [0.29, 0.717) is 5.41 Å². The second-order valence-corrected chi connectivity index (χ2v) is 7.94. The van der Waals surface area contributed by atoms with Crippen LogP contribution in [-0.4, -0.2) is 0 Å². The molecule has 0 atom stereocenters. The Morgan fingerprint density at radius 2 is 1.46 bits per heavy atom. The van der Waals surface area contributed by atoms with Crippen LogP contribution in [0.15, 0.2) is 95.2 Å². The maximum atomic E-state index is 3.74. The molecule has 0 aliphatic heterocycles. The van der Waals surface area contributed by atoms with Crippen molar-refractivity contribution in [2.75, 3.05) is 0 Å². The molecule has 0 amide bonds. The molecule has 0 aromatic carbocycles. The molecule has 1 aliphatic rings. The Bertz CT molecular complexity index is 694. The van der Waals surface area contributed by atoms with Crippen molar-refractivity contribution < 1.29 is 0 Å². The van der Waals surface area contributed by atoms with E-state index >= 15 is 0 Å². The topological polar surface area (TPSA) is 0 Å². The first-order valence-electron chi connectivity index (χ1n) is 9.64. The minimum atomic E-state index is 0.305. The van der Waals surface area contributed by atoms with Gasteiger partial charge in [-0.15, -0.1) is 0 Å². The normalized spacial score (nSPS) is 20.0. The molecular weight excluding hydrogens is 312 g/mol. The summed E-state index contributed by atoms with van der Waals surface area (Å²) in [5.74, 6) is 0. The van der Waals surface area contributed by atoms with E-state index in [1.807, 2.05) is 19.1 Å². The molecule has 0 spiro atoms. The van der Waals surface area contributed by atoms with Gasteiger partial charge in [-0.2, -0.15) is 0 Å². The third kappa shape index (κ3) is 7.87. The van der Waals surface area contributed by atoms with Crippen molar-refractivity contribution in [3.8, 4) is 0 Å². The highest BCUT2D eigenvalue weighted by Gasteiger charge is 2.26. The lowest BCUT2D eigenvalue weighted by Crippen LogP contribution is -2.19. The van der Waals surface area contributed by atoms with Crippen LogP contribution < -0.4 is 0 Å². The van der Waals surface area contributed by atoms with Gasteiger partial charge in [-0.05, 0) is 57.9 Å². The molecular formula is C26H36. The Kier molecular flexibility index (Phi) is 9.13. The van der Waals surface area contributed by atoms with Crippen LogP contribution >= 0.6 is 0 Å². The molecule has 1 rings (SSSR count). The summed E-state index contributed by atoms with van der Waals surface area (Å²) in [6, 6.07) is 0. The number of hydrogen-bond acceptors (Lipinski definition) is 0. The van der Waals surface area contributed by atoms with E-state index in [9.17, 15) is 0 Å². The Morgan fingerprint density at radius 3 is 2.08 bits per heavy atom. The fraction of sp³-hybridized carbons (Fsp3) is 0.385. The van der Waals surface area contributed by atoms with Crippen molar-refractivity contribution in [1.82, 2.24) is 0 Å². The van der Waals surface area contributed by atoms with Gasteiger partial charge in [-0.25, -0.2) is 0 Å². The molecule has 0 saturated heterocycles. The van der Waals surface area contributed by atoms with Crippen LogP contribution in [0, 0.1) is 5.41 Å². The molecule has 0 saturated carbocycles. The maximum absolute atomic E-state index is 3.74. The van der Waals surface area contributed by atoms with Gasteiger partial charge in [-0.3, -0.25) is 0 Å². The second-order valence-electron chi connectivity index (χ2n) is 7.94.